The van der Waals surface area contributed by atoms with Gasteiger partial charge in [0.2, 0.25) is 0 Å². The van der Waals surface area contributed by atoms with Crippen molar-refractivity contribution in [2.24, 2.45) is 0 Å². The van der Waals surface area contributed by atoms with Crippen molar-refractivity contribution < 1.29 is 27.5 Å². The third kappa shape index (κ3) is 5.81. The van der Waals surface area contributed by atoms with Gasteiger partial charge in [-0.3, -0.25) is 9.59 Å². The zero-order valence-corrected chi connectivity index (χ0v) is 24.7. The molecule has 2 amide bonds. The van der Waals surface area contributed by atoms with Crippen LogP contribution in [0.1, 0.15) is 48.8 Å². The first-order chi connectivity index (χ1) is 21.7. The van der Waals surface area contributed by atoms with E-state index in [1.165, 1.54) is 18.2 Å². The highest BCUT2D eigenvalue weighted by Gasteiger charge is 2.33. The summed E-state index contributed by atoms with van der Waals surface area (Å²) >= 11 is 0. The number of fused-ring (bicyclic) bond motifs is 2. The van der Waals surface area contributed by atoms with Crippen LogP contribution in [0.25, 0.3) is 11.1 Å². The predicted octanol–water partition coefficient (Wildman–Crippen LogP) is 7.63. The van der Waals surface area contributed by atoms with Gasteiger partial charge in [-0.05, 0) is 71.6 Å². The molecule has 0 radical (unpaired) electrons. The summed E-state index contributed by atoms with van der Waals surface area (Å²) in [7, 11) is 1.58. The van der Waals surface area contributed by atoms with Gasteiger partial charge in [0.25, 0.3) is 11.8 Å². The largest absolute Gasteiger partial charge is 0.496 e. The van der Waals surface area contributed by atoms with Crippen molar-refractivity contribution in [3.63, 3.8) is 0 Å². The number of nitrogens with one attached hydrogen (secondary N) is 1. The first kappa shape index (κ1) is 29.7. The van der Waals surface area contributed by atoms with Gasteiger partial charge in [-0.1, -0.05) is 60.7 Å². The molecule has 6 nitrogen and oxygen atoms in total. The van der Waals surface area contributed by atoms with Gasteiger partial charge in [-0.2, -0.15) is 13.2 Å². The van der Waals surface area contributed by atoms with Crippen LogP contribution in [0, 0.1) is 6.92 Å². The molecule has 1 aliphatic heterocycles. The van der Waals surface area contributed by atoms with Crippen LogP contribution < -0.4 is 15.0 Å². The predicted molar refractivity (Wildman–Crippen MR) is 166 cm³/mol. The molecule has 4 aromatic carbocycles. The molecule has 1 aromatic heterocycles. The molecule has 1 N–H and O–H groups in total. The summed E-state index contributed by atoms with van der Waals surface area (Å²) in [6.45, 7) is 2.23. The van der Waals surface area contributed by atoms with Gasteiger partial charge in [0.05, 0.1) is 25.8 Å². The molecular formula is C36H30F3N3O3. The highest BCUT2D eigenvalue weighted by molar-refractivity contribution is 6.07. The molecule has 0 aliphatic carbocycles. The first-order valence-electron chi connectivity index (χ1n) is 14.4. The molecule has 0 bridgehead atoms. The quantitative estimate of drug-likeness (QED) is 0.215. The van der Waals surface area contributed by atoms with Crippen molar-refractivity contribution in [2.45, 2.75) is 32.7 Å². The molecule has 228 valence electrons. The van der Waals surface area contributed by atoms with E-state index in [2.05, 4.69) is 5.32 Å². The van der Waals surface area contributed by atoms with Gasteiger partial charge < -0.3 is 19.5 Å². The minimum absolute atomic E-state index is 0.0213. The number of para-hydroxylation sites is 1. The highest BCUT2D eigenvalue weighted by atomic mass is 19.4. The average Bonchev–Trinajstić information content (AvgIpc) is 3.36. The van der Waals surface area contributed by atoms with Gasteiger partial charge in [0, 0.05) is 29.1 Å². The summed E-state index contributed by atoms with van der Waals surface area (Å²) in [6, 6.07) is 29.5. The second kappa shape index (κ2) is 12.0. The maximum atomic E-state index is 14.1. The lowest BCUT2D eigenvalue weighted by atomic mass is 9.98. The summed E-state index contributed by atoms with van der Waals surface area (Å²) in [6.07, 6.45) is -4.53. The van der Waals surface area contributed by atoms with Crippen LogP contribution >= 0.6 is 0 Å². The molecule has 0 atom stereocenters. The Morgan fingerprint density at radius 3 is 2.36 bits per heavy atom. The van der Waals surface area contributed by atoms with E-state index in [4.69, 9.17) is 4.74 Å². The Morgan fingerprint density at radius 2 is 1.58 bits per heavy atom. The standard InChI is InChI=1S/C36H30F3N3O3/c1-23-9-3-6-12-28(23)29-17-15-24(19-33(29)45-2)35(44)42-22-27-16-18-32(41(27)21-26-11-5-8-14-31(26)42)34(43)40-20-25-10-4-7-13-30(25)36(37,38)39/h3-19H,20-22H2,1-2H3,(H,40,43). The van der Waals surface area contributed by atoms with Crippen molar-refractivity contribution in [1.82, 2.24) is 9.88 Å². The number of hydrogen-bond donors (Lipinski definition) is 1. The monoisotopic (exact) mass is 609 g/mol. The number of hydrogen-bond acceptors (Lipinski definition) is 3. The molecule has 1 aliphatic rings. The van der Waals surface area contributed by atoms with E-state index in [0.717, 1.165) is 28.3 Å². The molecule has 0 unspecified atom stereocenters. The van der Waals surface area contributed by atoms with E-state index >= 15 is 0 Å². The summed E-state index contributed by atoms with van der Waals surface area (Å²) in [4.78, 5) is 29.1. The van der Waals surface area contributed by atoms with Crippen molar-refractivity contribution in [2.75, 3.05) is 12.0 Å². The Morgan fingerprint density at radius 1 is 0.844 bits per heavy atom. The molecule has 9 heteroatoms. The van der Waals surface area contributed by atoms with Crippen LogP contribution in [0.2, 0.25) is 0 Å². The number of methoxy groups -OCH3 is 1. The molecule has 5 aromatic rings. The van der Waals surface area contributed by atoms with Gasteiger partial charge >= 0.3 is 6.18 Å². The van der Waals surface area contributed by atoms with Crippen molar-refractivity contribution in [3.8, 4) is 16.9 Å². The van der Waals surface area contributed by atoms with Crippen LogP contribution in [0.4, 0.5) is 18.9 Å². The number of anilines is 1. The lowest BCUT2D eigenvalue weighted by Crippen LogP contribution is -2.31. The fourth-order valence-corrected chi connectivity index (χ4v) is 5.83. The first-order valence-corrected chi connectivity index (χ1v) is 14.4. The van der Waals surface area contributed by atoms with E-state index in [1.807, 2.05) is 61.5 Å². The van der Waals surface area contributed by atoms with Crippen LogP contribution in [0.15, 0.2) is 103 Å². The maximum Gasteiger partial charge on any atom is 0.416 e. The lowest BCUT2D eigenvalue weighted by Gasteiger charge is -2.23. The molecule has 0 fully saturated rings. The number of nitrogens with zero attached hydrogens (tertiary/aromatic N) is 2. The van der Waals surface area contributed by atoms with Crippen LogP contribution in [-0.4, -0.2) is 23.5 Å². The van der Waals surface area contributed by atoms with Crippen LogP contribution in [0.3, 0.4) is 0 Å². The molecule has 0 spiro atoms. The zero-order chi connectivity index (χ0) is 31.7. The molecule has 0 saturated heterocycles. The Bertz CT molecular complexity index is 1910. The molecular weight excluding hydrogens is 579 g/mol. The lowest BCUT2D eigenvalue weighted by molar-refractivity contribution is -0.138. The Hall–Kier alpha value is -5.31. The number of ether oxygens (including phenoxy) is 1. The molecule has 6 rings (SSSR count). The Labute approximate surface area is 258 Å². The van der Waals surface area contributed by atoms with Crippen LogP contribution in [-0.2, 0) is 25.8 Å². The van der Waals surface area contributed by atoms with Gasteiger partial charge in [0.15, 0.2) is 0 Å². The average molecular weight is 610 g/mol. The SMILES string of the molecule is COc1cc(C(=O)N2Cc3ccc(C(=O)NCc4ccccc4C(F)(F)F)n3Cc3ccccc32)ccc1-c1ccccc1C. The van der Waals surface area contributed by atoms with E-state index in [9.17, 15) is 22.8 Å². The Kier molecular flexibility index (Phi) is 7.93. The third-order valence-electron chi connectivity index (χ3n) is 8.13. The zero-order valence-electron chi connectivity index (χ0n) is 24.7. The number of benzene rings is 4. The van der Waals surface area contributed by atoms with E-state index in [-0.39, 0.29) is 24.6 Å². The van der Waals surface area contributed by atoms with E-state index in [0.29, 0.717) is 34.9 Å². The van der Waals surface area contributed by atoms with Crippen molar-refractivity contribution in [1.29, 1.82) is 0 Å². The number of carbonyl (C=O) groups is 2. The fourth-order valence-electron chi connectivity index (χ4n) is 5.83. The smallest absolute Gasteiger partial charge is 0.416 e. The number of amides is 2. The van der Waals surface area contributed by atoms with Crippen molar-refractivity contribution in [3.05, 3.63) is 142 Å². The normalized spacial score (nSPS) is 12.6. The van der Waals surface area contributed by atoms with E-state index < -0.39 is 17.6 Å². The molecule has 2 heterocycles. The van der Waals surface area contributed by atoms with E-state index in [1.54, 1.807) is 40.8 Å². The van der Waals surface area contributed by atoms with Crippen LogP contribution in [0.5, 0.6) is 5.75 Å². The topological polar surface area (TPSA) is 63.6 Å². The minimum Gasteiger partial charge on any atom is -0.496 e. The Balaban J connectivity index is 1.30. The number of aryl methyl sites for hydroxylation is 1. The van der Waals surface area contributed by atoms with Crippen molar-refractivity contribution >= 4 is 17.5 Å². The maximum absolute atomic E-state index is 14.1. The summed E-state index contributed by atoms with van der Waals surface area (Å²) in [5.41, 5.74) is 5.15. The number of halogens is 3. The third-order valence-corrected chi connectivity index (χ3v) is 8.13. The second-order valence-electron chi connectivity index (χ2n) is 10.9. The van der Waals surface area contributed by atoms with Gasteiger partial charge in [-0.15, -0.1) is 0 Å². The second-order valence-corrected chi connectivity index (χ2v) is 10.9. The number of alkyl halides is 3. The highest BCUT2D eigenvalue weighted by Crippen LogP contribution is 2.36. The van der Waals surface area contributed by atoms with Gasteiger partial charge in [-0.25, -0.2) is 0 Å². The molecule has 45 heavy (non-hydrogen) atoms. The summed E-state index contributed by atoms with van der Waals surface area (Å²) in [5.74, 6) is -0.166. The number of carbonyl (C=O) groups excluding carboxylic acids is 2. The minimum atomic E-state index is -4.53. The summed E-state index contributed by atoms with van der Waals surface area (Å²) in [5, 5.41) is 2.65. The number of rotatable bonds is 6. The molecule has 0 saturated carbocycles. The number of aromatic nitrogens is 1. The van der Waals surface area contributed by atoms with Gasteiger partial charge in [0.1, 0.15) is 11.4 Å². The fraction of sp³-hybridized carbons (Fsp3) is 0.167. The summed E-state index contributed by atoms with van der Waals surface area (Å²) < 4.78 is 48.0.